The zero-order chi connectivity index (χ0) is 20.1. The predicted molar refractivity (Wildman–Crippen MR) is 106 cm³/mol. The first-order valence-corrected chi connectivity index (χ1v) is 9.80. The quantitative estimate of drug-likeness (QED) is 0.689. The molecule has 0 bridgehead atoms. The number of imide groups is 1. The molecule has 0 aliphatic carbocycles. The maximum absolute atomic E-state index is 12.4. The average Bonchev–Trinajstić information content (AvgIpc) is 3.22. The Morgan fingerprint density at radius 1 is 1.32 bits per heavy atom. The van der Waals surface area contributed by atoms with Gasteiger partial charge in [-0.15, -0.1) is 11.3 Å². The summed E-state index contributed by atoms with van der Waals surface area (Å²) in [5.74, 6) is -1.14. The van der Waals surface area contributed by atoms with E-state index in [9.17, 15) is 19.2 Å². The summed E-state index contributed by atoms with van der Waals surface area (Å²) >= 11 is 1.98. The molecule has 28 heavy (non-hydrogen) atoms. The van der Waals surface area contributed by atoms with Gasteiger partial charge in [-0.1, -0.05) is 6.07 Å². The van der Waals surface area contributed by atoms with Crippen molar-refractivity contribution in [3.05, 3.63) is 46.1 Å². The van der Waals surface area contributed by atoms with E-state index in [1.54, 1.807) is 30.6 Å². The molecular formula is C17H15N5O4S2. The summed E-state index contributed by atoms with van der Waals surface area (Å²) in [6, 6.07) is 3.52. The highest BCUT2D eigenvalue weighted by Gasteiger charge is 2.34. The Labute approximate surface area is 168 Å². The topological polar surface area (TPSA) is 121 Å². The van der Waals surface area contributed by atoms with Gasteiger partial charge in [0.1, 0.15) is 5.69 Å². The van der Waals surface area contributed by atoms with Crippen LogP contribution in [0.3, 0.4) is 0 Å². The standard InChI is InChI=1S/C17H15N5O4S2/c1-10(23)20-16-21-12(9-27-16)14(24)19-5-6-22-15(25)13(28-17(22)26)7-11-3-2-4-18-8-11/h2-4,7-9H,5-6H2,1H3,(H,19,24)(H,20,21,23)/b13-7-. The molecule has 144 valence electrons. The summed E-state index contributed by atoms with van der Waals surface area (Å²) in [6.45, 7) is 1.48. The van der Waals surface area contributed by atoms with Gasteiger partial charge >= 0.3 is 0 Å². The molecule has 2 N–H and O–H groups in total. The number of hydrogen-bond donors (Lipinski definition) is 2. The third-order valence-electron chi connectivity index (χ3n) is 3.50. The van der Waals surface area contributed by atoms with E-state index in [2.05, 4.69) is 20.6 Å². The Morgan fingerprint density at radius 2 is 2.14 bits per heavy atom. The Balaban J connectivity index is 1.54. The van der Waals surface area contributed by atoms with Crippen LogP contribution in [0.2, 0.25) is 0 Å². The molecule has 2 aromatic rings. The van der Waals surface area contributed by atoms with Gasteiger partial charge in [0.25, 0.3) is 17.1 Å². The van der Waals surface area contributed by atoms with Gasteiger partial charge in [-0.3, -0.25) is 29.1 Å². The smallest absolute Gasteiger partial charge is 0.293 e. The Bertz CT molecular complexity index is 957. The molecule has 0 unspecified atom stereocenters. The van der Waals surface area contributed by atoms with Gasteiger partial charge in [-0.05, 0) is 29.5 Å². The maximum atomic E-state index is 12.4. The second-order valence-corrected chi connectivity index (χ2v) is 7.45. The Kier molecular flexibility index (Phi) is 6.16. The van der Waals surface area contributed by atoms with E-state index in [0.29, 0.717) is 10.0 Å². The van der Waals surface area contributed by atoms with Crippen LogP contribution in [-0.4, -0.2) is 50.9 Å². The molecule has 0 saturated carbocycles. The van der Waals surface area contributed by atoms with Gasteiger partial charge in [0.15, 0.2) is 5.13 Å². The second kappa shape index (κ2) is 8.76. The normalized spacial score (nSPS) is 15.2. The van der Waals surface area contributed by atoms with Crippen LogP contribution in [-0.2, 0) is 9.59 Å². The van der Waals surface area contributed by atoms with E-state index in [0.717, 1.165) is 33.6 Å². The molecule has 3 rings (SSSR count). The van der Waals surface area contributed by atoms with Crippen molar-refractivity contribution in [2.45, 2.75) is 6.92 Å². The molecule has 2 aromatic heterocycles. The van der Waals surface area contributed by atoms with Crippen LogP contribution in [0, 0.1) is 0 Å². The summed E-state index contributed by atoms with van der Waals surface area (Å²) in [5, 5.41) is 6.54. The number of hydrogen-bond acceptors (Lipinski definition) is 8. The van der Waals surface area contributed by atoms with Crippen LogP contribution in [0.4, 0.5) is 9.93 Å². The van der Waals surface area contributed by atoms with Gasteiger partial charge in [0, 0.05) is 37.8 Å². The van der Waals surface area contributed by atoms with E-state index < -0.39 is 17.1 Å². The van der Waals surface area contributed by atoms with Crippen LogP contribution in [0.15, 0.2) is 34.8 Å². The fourth-order valence-electron chi connectivity index (χ4n) is 2.26. The number of nitrogens with zero attached hydrogens (tertiary/aromatic N) is 3. The predicted octanol–water partition coefficient (Wildman–Crippen LogP) is 1.96. The number of nitrogens with one attached hydrogen (secondary N) is 2. The summed E-state index contributed by atoms with van der Waals surface area (Å²) in [4.78, 5) is 56.9. The van der Waals surface area contributed by atoms with Crippen molar-refractivity contribution >= 4 is 57.3 Å². The average molecular weight is 417 g/mol. The number of thioether (sulfide) groups is 1. The molecule has 9 nitrogen and oxygen atoms in total. The highest BCUT2D eigenvalue weighted by atomic mass is 32.2. The van der Waals surface area contributed by atoms with Crippen LogP contribution in [0.5, 0.6) is 0 Å². The molecule has 1 fully saturated rings. The number of amides is 4. The molecular weight excluding hydrogens is 402 g/mol. The van der Waals surface area contributed by atoms with Crippen LogP contribution >= 0.6 is 23.1 Å². The Morgan fingerprint density at radius 3 is 2.86 bits per heavy atom. The minimum atomic E-state index is -0.453. The molecule has 1 aliphatic rings. The SMILES string of the molecule is CC(=O)Nc1nc(C(=O)NCCN2C(=O)S/C(=C\c3cccnc3)C2=O)cs1. The fourth-order valence-corrected chi connectivity index (χ4v) is 3.87. The van der Waals surface area contributed by atoms with E-state index >= 15 is 0 Å². The summed E-state index contributed by atoms with van der Waals surface area (Å²) in [7, 11) is 0. The molecule has 0 aromatic carbocycles. The van der Waals surface area contributed by atoms with E-state index in [4.69, 9.17) is 0 Å². The van der Waals surface area contributed by atoms with Gasteiger partial charge in [-0.25, -0.2) is 4.98 Å². The van der Waals surface area contributed by atoms with Gasteiger partial charge in [0.05, 0.1) is 4.91 Å². The monoisotopic (exact) mass is 417 g/mol. The third-order valence-corrected chi connectivity index (χ3v) is 5.16. The molecule has 0 atom stereocenters. The van der Waals surface area contributed by atoms with Crippen LogP contribution in [0.25, 0.3) is 6.08 Å². The number of carbonyl (C=O) groups excluding carboxylic acids is 4. The number of thiazole rings is 1. The molecule has 0 spiro atoms. The molecule has 0 radical (unpaired) electrons. The first-order chi connectivity index (χ1) is 13.4. The zero-order valence-electron chi connectivity index (χ0n) is 14.7. The van der Waals surface area contributed by atoms with Crippen LogP contribution in [0.1, 0.15) is 23.0 Å². The lowest BCUT2D eigenvalue weighted by Crippen LogP contribution is -2.37. The lowest BCUT2D eigenvalue weighted by atomic mass is 10.2. The summed E-state index contributed by atoms with van der Waals surface area (Å²) < 4.78 is 0. The molecule has 4 amide bonds. The minimum Gasteiger partial charge on any atom is -0.349 e. The highest BCUT2D eigenvalue weighted by Crippen LogP contribution is 2.31. The number of anilines is 1. The number of carbonyl (C=O) groups is 4. The summed E-state index contributed by atoms with van der Waals surface area (Å²) in [5.41, 5.74) is 0.874. The minimum absolute atomic E-state index is 0.0451. The van der Waals surface area contributed by atoms with Gasteiger partial charge in [0.2, 0.25) is 5.91 Å². The van der Waals surface area contributed by atoms with Crippen molar-refractivity contribution in [3.8, 4) is 0 Å². The van der Waals surface area contributed by atoms with E-state index in [1.165, 1.54) is 12.3 Å². The summed E-state index contributed by atoms with van der Waals surface area (Å²) in [6.07, 6.45) is 4.82. The lowest BCUT2D eigenvalue weighted by Gasteiger charge is -2.12. The molecule has 11 heteroatoms. The lowest BCUT2D eigenvalue weighted by molar-refractivity contribution is -0.122. The fraction of sp³-hybridized carbons (Fsp3) is 0.176. The molecule has 1 saturated heterocycles. The van der Waals surface area contributed by atoms with Crippen molar-refractivity contribution in [1.29, 1.82) is 0 Å². The van der Waals surface area contributed by atoms with Crippen molar-refractivity contribution in [1.82, 2.24) is 20.2 Å². The van der Waals surface area contributed by atoms with Gasteiger partial charge in [-0.2, -0.15) is 0 Å². The van der Waals surface area contributed by atoms with E-state index in [-0.39, 0.29) is 24.7 Å². The van der Waals surface area contributed by atoms with E-state index in [1.807, 2.05) is 0 Å². The van der Waals surface area contributed by atoms with Crippen molar-refractivity contribution in [3.63, 3.8) is 0 Å². The largest absolute Gasteiger partial charge is 0.349 e. The van der Waals surface area contributed by atoms with Crippen LogP contribution < -0.4 is 10.6 Å². The molecule has 3 heterocycles. The zero-order valence-corrected chi connectivity index (χ0v) is 16.3. The highest BCUT2D eigenvalue weighted by molar-refractivity contribution is 8.18. The number of rotatable bonds is 6. The number of pyridine rings is 1. The third kappa shape index (κ3) is 4.81. The number of aromatic nitrogens is 2. The van der Waals surface area contributed by atoms with Crippen molar-refractivity contribution < 1.29 is 19.2 Å². The van der Waals surface area contributed by atoms with Gasteiger partial charge < -0.3 is 10.6 Å². The second-order valence-electron chi connectivity index (χ2n) is 5.59. The first kappa shape index (κ1) is 19.7. The first-order valence-electron chi connectivity index (χ1n) is 8.11. The maximum Gasteiger partial charge on any atom is 0.293 e. The van der Waals surface area contributed by atoms with Crippen molar-refractivity contribution in [2.24, 2.45) is 0 Å². The molecule has 1 aliphatic heterocycles. The van der Waals surface area contributed by atoms with Crippen molar-refractivity contribution in [2.75, 3.05) is 18.4 Å². The Hall–Kier alpha value is -3.05.